The maximum Gasteiger partial charge on any atom is 0.264 e. The van der Waals surface area contributed by atoms with Crippen LogP contribution in [-0.2, 0) is 27.8 Å². The van der Waals surface area contributed by atoms with E-state index in [0.717, 1.165) is 24.0 Å². The first kappa shape index (κ1) is 23.9. The van der Waals surface area contributed by atoms with Gasteiger partial charge in [0.1, 0.15) is 11.5 Å². The molecule has 1 aliphatic rings. The summed E-state index contributed by atoms with van der Waals surface area (Å²) >= 11 is 6.31. The second kappa shape index (κ2) is 10.4. The molecule has 0 atom stereocenters. The second-order valence-electron chi connectivity index (χ2n) is 7.78. The van der Waals surface area contributed by atoms with E-state index in [1.54, 1.807) is 7.11 Å². The predicted octanol–water partition coefficient (Wildman–Crippen LogP) is 4.19. The minimum Gasteiger partial charge on any atom is -0.496 e. The van der Waals surface area contributed by atoms with Crippen LogP contribution in [0.3, 0.4) is 0 Å². The zero-order valence-corrected chi connectivity index (χ0v) is 20.2. The van der Waals surface area contributed by atoms with Gasteiger partial charge in [-0.3, -0.25) is 9.10 Å². The van der Waals surface area contributed by atoms with Crippen LogP contribution in [0.1, 0.15) is 17.5 Å². The fourth-order valence-electron chi connectivity index (χ4n) is 3.87. The summed E-state index contributed by atoms with van der Waals surface area (Å²) in [5.41, 5.74) is 2.53. The summed E-state index contributed by atoms with van der Waals surface area (Å²) in [5, 5.41) is 2.88. The molecule has 0 radical (unpaired) electrons. The number of rotatable bonds is 8. The summed E-state index contributed by atoms with van der Waals surface area (Å²) in [6, 6.07) is 19.2. The van der Waals surface area contributed by atoms with Crippen LogP contribution in [0.5, 0.6) is 11.5 Å². The van der Waals surface area contributed by atoms with Crippen LogP contribution in [-0.4, -0.2) is 34.6 Å². The van der Waals surface area contributed by atoms with Gasteiger partial charge in [-0.2, -0.15) is 0 Å². The van der Waals surface area contributed by atoms with Gasteiger partial charge in [-0.15, -0.1) is 0 Å². The number of carbonyl (C=O) groups is 1. The van der Waals surface area contributed by atoms with Gasteiger partial charge in [0.05, 0.1) is 22.7 Å². The van der Waals surface area contributed by atoms with Gasteiger partial charge in [-0.05, 0) is 48.7 Å². The normalized spacial score (nSPS) is 13.2. The number of amides is 1. The van der Waals surface area contributed by atoms with E-state index in [1.165, 1.54) is 22.5 Å². The molecule has 0 fully saturated rings. The van der Waals surface area contributed by atoms with Crippen molar-refractivity contribution >= 4 is 33.2 Å². The van der Waals surface area contributed by atoms with Gasteiger partial charge in [0.25, 0.3) is 15.9 Å². The lowest BCUT2D eigenvalue weighted by atomic mass is 10.0. The maximum absolute atomic E-state index is 13.3. The quantitative estimate of drug-likeness (QED) is 0.501. The number of anilines is 1. The number of nitrogens with one attached hydrogen (secondary N) is 1. The molecule has 0 saturated heterocycles. The Labute approximate surface area is 204 Å². The van der Waals surface area contributed by atoms with E-state index >= 15 is 0 Å². The van der Waals surface area contributed by atoms with E-state index < -0.39 is 10.0 Å². The van der Waals surface area contributed by atoms with Gasteiger partial charge in [0, 0.05) is 18.7 Å². The van der Waals surface area contributed by atoms with Gasteiger partial charge < -0.3 is 14.8 Å². The highest BCUT2D eigenvalue weighted by atomic mass is 35.5. The molecule has 178 valence electrons. The van der Waals surface area contributed by atoms with Crippen molar-refractivity contribution in [2.45, 2.75) is 24.3 Å². The number of hydrogen-bond donors (Lipinski definition) is 1. The lowest BCUT2D eigenvalue weighted by Gasteiger charge is -2.30. The topological polar surface area (TPSA) is 84.9 Å². The molecule has 0 aromatic heterocycles. The van der Waals surface area contributed by atoms with Gasteiger partial charge in [0.2, 0.25) is 0 Å². The van der Waals surface area contributed by atoms with Crippen molar-refractivity contribution in [2.24, 2.45) is 0 Å². The Morgan fingerprint density at radius 2 is 1.82 bits per heavy atom. The summed E-state index contributed by atoms with van der Waals surface area (Å²) in [5.74, 6) is 0.565. The van der Waals surface area contributed by atoms with E-state index in [0.29, 0.717) is 18.0 Å². The number of carbonyl (C=O) groups excluding carboxylic acids is 1. The molecule has 34 heavy (non-hydrogen) atoms. The van der Waals surface area contributed by atoms with Crippen molar-refractivity contribution in [3.05, 3.63) is 82.9 Å². The minimum absolute atomic E-state index is 0.0715. The first-order valence-corrected chi connectivity index (χ1v) is 12.6. The van der Waals surface area contributed by atoms with Crippen LogP contribution >= 0.6 is 11.6 Å². The van der Waals surface area contributed by atoms with Crippen molar-refractivity contribution in [3.63, 3.8) is 0 Å². The van der Waals surface area contributed by atoms with Crippen molar-refractivity contribution in [1.82, 2.24) is 5.32 Å². The Bertz CT molecular complexity index is 1300. The molecule has 0 aliphatic carbocycles. The molecule has 1 amide bonds. The first-order valence-electron chi connectivity index (χ1n) is 10.8. The fraction of sp³-hybridized carbons (Fsp3) is 0.240. The molecular formula is C25H25ClN2O5S. The molecule has 1 aliphatic heterocycles. The zero-order valence-electron chi connectivity index (χ0n) is 18.7. The number of sulfonamides is 1. The monoisotopic (exact) mass is 500 g/mol. The molecule has 3 aromatic rings. The van der Waals surface area contributed by atoms with Crippen LogP contribution in [0.4, 0.5) is 5.69 Å². The predicted molar refractivity (Wildman–Crippen MR) is 131 cm³/mol. The lowest BCUT2D eigenvalue weighted by molar-refractivity contribution is -0.123. The first-order chi connectivity index (χ1) is 16.4. The molecule has 3 aromatic carbocycles. The van der Waals surface area contributed by atoms with Crippen LogP contribution < -0.4 is 19.1 Å². The Kier molecular flexibility index (Phi) is 7.29. The van der Waals surface area contributed by atoms with Gasteiger partial charge in [-0.25, -0.2) is 8.42 Å². The number of methoxy groups -OCH3 is 1. The number of halogens is 1. The number of hydrogen-bond acceptors (Lipinski definition) is 5. The van der Waals surface area contributed by atoms with E-state index in [2.05, 4.69) is 5.32 Å². The second-order valence-corrected chi connectivity index (χ2v) is 10.0. The van der Waals surface area contributed by atoms with E-state index in [4.69, 9.17) is 21.1 Å². The number of fused-ring (bicyclic) bond motifs is 1. The molecular weight excluding hydrogens is 476 g/mol. The summed E-state index contributed by atoms with van der Waals surface area (Å²) in [6.07, 6.45) is 1.59. The third kappa shape index (κ3) is 5.13. The van der Waals surface area contributed by atoms with E-state index in [1.807, 2.05) is 48.5 Å². The summed E-state index contributed by atoms with van der Waals surface area (Å²) in [7, 11) is -2.22. The number of nitrogens with zero attached hydrogens (tertiary/aromatic N) is 1. The van der Waals surface area contributed by atoms with Crippen molar-refractivity contribution in [3.8, 4) is 11.5 Å². The standard InChI is InChI=1S/C25H25ClN2O5S/c1-32-23-11-5-3-8-19(23)16-27-25(29)17-33-24-13-12-20(15-21(24)26)34(30,31)28-14-6-9-18-7-2-4-10-22(18)28/h2-5,7-8,10-13,15H,6,9,14,16-17H2,1H3,(H,27,29). The number of aryl methyl sites for hydroxylation is 1. The average molecular weight is 501 g/mol. The molecule has 1 N–H and O–H groups in total. The minimum atomic E-state index is -3.79. The summed E-state index contributed by atoms with van der Waals surface area (Å²) < 4.78 is 38.8. The Hall–Kier alpha value is -3.23. The van der Waals surface area contributed by atoms with Crippen molar-refractivity contribution < 1.29 is 22.7 Å². The highest BCUT2D eigenvalue weighted by molar-refractivity contribution is 7.92. The molecule has 9 heteroatoms. The average Bonchev–Trinajstić information content (AvgIpc) is 2.86. The number of para-hydroxylation sites is 2. The van der Waals surface area contributed by atoms with Gasteiger partial charge in [0.15, 0.2) is 6.61 Å². The molecule has 7 nitrogen and oxygen atoms in total. The highest BCUT2D eigenvalue weighted by Gasteiger charge is 2.29. The number of ether oxygens (including phenoxy) is 2. The van der Waals surface area contributed by atoms with Crippen molar-refractivity contribution in [1.29, 1.82) is 0 Å². The third-order valence-electron chi connectivity index (χ3n) is 5.59. The third-order valence-corrected chi connectivity index (χ3v) is 7.69. The summed E-state index contributed by atoms with van der Waals surface area (Å²) in [4.78, 5) is 12.3. The van der Waals surface area contributed by atoms with Crippen LogP contribution in [0.2, 0.25) is 5.02 Å². The van der Waals surface area contributed by atoms with Crippen molar-refractivity contribution in [2.75, 3.05) is 24.6 Å². The molecule has 4 rings (SSSR count). The van der Waals surface area contributed by atoms with Crippen LogP contribution in [0.15, 0.2) is 71.6 Å². The van der Waals surface area contributed by atoms with E-state index in [-0.39, 0.29) is 34.7 Å². The SMILES string of the molecule is COc1ccccc1CNC(=O)COc1ccc(S(=O)(=O)N2CCCc3ccccc32)cc1Cl. The van der Waals surface area contributed by atoms with E-state index in [9.17, 15) is 13.2 Å². The Balaban J connectivity index is 1.41. The van der Waals surface area contributed by atoms with Gasteiger partial charge in [-0.1, -0.05) is 48.0 Å². The van der Waals surface area contributed by atoms with Gasteiger partial charge >= 0.3 is 0 Å². The number of benzene rings is 3. The molecule has 0 spiro atoms. The molecule has 1 heterocycles. The molecule has 0 saturated carbocycles. The highest BCUT2D eigenvalue weighted by Crippen LogP contribution is 2.34. The Morgan fingerprint density at radius 3 is 2.62 bits per heavy atom. The largest absolute Gasteiger partial charge is 0.496 e. The maximum atomic E-state index is 13.3. The van der Waals surface area contributed by atoms with Crippen LogP contribution in [0.25, 0.3) is 0 Å². The summed E-state index contributed by atoms with van der Waals surface area (Å²) in [6.45, 7) is 0.427. The Morgan fingerprint density at radius 1 is 1.06 bits per heavy atom. The molecule has 0 bridgehead atoms. The smallest absolute Gasteiger partial charge is 0.264 e. The van der Waals surface area contributed by atoms with Crippen LogP contribution in [0, 0.1) is 0 Å². The lowest BCUT2D eigenvalue weighted by Crippen LogP contribution is -2.35. The molecule has 0 unspecified atom stereocenters. The zero-order chi connectivity index (χ0) is 24.1. The fourth-order valence-corrected chi connectivity index (χ4v) is 5.74.